The van der Waals surface area contributed by atoms with Gasteiger partial charge in [0.1, 0.15) is 0 Å². The van der Waals surface area contributed by atoms with Gasteiger partial charge in [-0.25, -0.2) is 4.79 Å². The van der Waals surface area contributed by atoms with Crippen LogP contribution in [0.3, 0.4) is 0 Å². The summed E-state index contributed by atoms with van der Waals surface area (Å²) in [6.45, 7) is 6.82. The van der Waals surface area contributed by atoms with E-state index in [4.69, 9.17) is 9.47 Å². The number of hydrogen-bond acceptors (Lipinski definition) is 6. The van der Waals surface area contributed by atoms with E-state index in [0.29, 0.717) is 36.6 Å². The number of methoxy groups -OCH3 is 1. The van der Waals surface area contributed by atoms with Gasteiger partial charge >= 0.3 is 5.97 Å². The summed E-state index contributed by atoms with van der Waals surface area (Å²) in [5, 5.41) is -0.261. The first-order chi connectivity index (χ1) is 14.9. The second-order valence-electron chi connectivity index (χ2n) is 7.11. The number of rotatable bonds is 8. The van der Waals surface area contributed by atoms with Crippen LogP contribution in [0.25, 0.3) is 11.8 Å². The molecule has 164 valence electrons. The fraction of sp³-hybridized carbons (Fsp3) is 0.348. The highest BCUT2D eigenvalue weighted by Crippen LogP contribution is 2.34. The summed E-state index contributed by atoms with van der Waals surface area (Å²) < 4.78 is 12.1. The molecular weight excluding hydrogens is 416 g/mol. The van der Waals surface area contributed by atoms with Crippen LogP contribution in [0.2, 0.25) is 0 Å². The molecule has 1 saturated heterocycles. The van der Waals surface area contributed by atoms with E-state index in [-0.39, 0.29) is 17.1 Å². The predicted molar refractivity (Wildman–Crippen MR) is 120 cm³/mol. The number of aromatic nitrogens is 1. The van der Waals surface area contributed by atoms with Crippen molar-refractivity contribution in [1.82, 2.24) is 9.47 Å². The van der Waals surface area contributed by atoms with E-state index >= 15 is 0 Å². The van der Waals surface area contributed by atoms with E-state index in [0.717, 1.165) is 34.4 Å². The summed E-state index contributed by atoms with van der Waals surface area (Å²) in [7, 11) is 1.59. The van der Waals surface area contributed by atoms with Crippen molar-refractivity contribution in [3.63, 3.8) is 0 Å². The third-order valence-corrected chi connectivity index (χ3v) is 5.88. The minimum absolute atomic E-state index is 0.261. The molecule has 8 heteroatoms. The number of esters is 1. The highest BCUT2D eigenvalue weighted by molar-refractivity contribution is 8.18. The summed E-state index contributed by atoms with van der Waals surface area (Å²) in [5.41, 5.74) is 4.01. The molecular formula is C23H26N2O5S. The smallest absolute Gasteiger partial charge is 0.338 e. The van der Waals surface area contributed by atoms with E-state index in [2.05, 4.69) is 0 Å². The standard InChI is InChI=1S/C23H26N2O5S/c1-5-30-22(27)17-8-6-9-19(13-17)25-15(2)12-18(16(25)3)14-20-21(26)24(23(28)31-20)10-7-11-29-4/h6,8-9,12-14H,5,7,10-11H2,1-4H3/b20-14+. The largest absolute Gasteiger partial charge is 0.462 e. The number of aryl methyl sites for hydroxylation is 1. The third kappa shape index (κ3) is 4.91. The number of ether oxygens (including phenoxy) is 2. The highest BCUT2D eigenvalue weighted by Gasteiger charge is 2.34. The van der Waals surface area contributed by atoms with Crippen molar-refractivity contribution in [1.29, 1.82) is 0 Å². The van der Waals surface area contributed by atoms with Gasteiger partial charge in [-0.15, -0.1) is 0 Å². The highest BCUT2D eigenvalue weighted by atomic mass is 32.2. The summed E-state index contributed by atoms with van der Waals surface area (Å²) in [6, 6.07) is 9.19. The number of carbonyl (C=O) groups is 3. The summed E-state index contributed by atoms with van der Waals surface area (Å²) in [5.74, 6) is -0.644. The zero-order valence-electron chi connectivity index (χ0n) is 18.1. The maximum Gasteiger partial charge on any atom is 0.338 e. The Balaban J connectivity index is 1.89. The lowest BCUT2D eigenvalue weighted by Gasteiger charge is -2.11. The molecule has 1 fully saturated rings. The Bertz CT molecular complexity index is 1040. The molecule has 0 bridgehead atoms. The number of imide groups is 1. The Hall–Kier alpha value is -2.84. The fourth-order valence-electron chi connectivity index (χ4n) is 3.52. The zero-order chi connectivity index (χ0) is 22.5. The molecule has 0 saturated carbocycles. The van der Waals surface area contributed by atoms with Crippen molar-refractivity contribution in [2.24, 2.45) is 0 Å². The normalized spacial score (nSPS) is 15.2. The van der Waals surface area contributed by atoms with Gasteiger partial charge in [-0.1, -0.05) is 6.07 Å². The molecule has 3 rings (SSSR count). The maximum atomic E-state index is 12.7. The number of hydrogen-bond donors (Lipinski definition) is 0. The second kappa shape index (κ2) is 9.98. The molecule has 2 amide bonds. The van der Waals surface area contributed by atoms with Crippen molar-refractivity contribution in [3.8, 4) is 5.69 Å². The van der Waals surface area contributed by atoms with Crippen molar-refractivity contribution in [2.75, 3.05) is 26.9 Å². The Labute approximate surface area is 186 Å². The molecule has 1 aromatic carbocycles. The van der Waals surface area contributed by atoms with Crippen molar-refractivity contribution < 1.29 is 23.9 Å². The number of nitrogens with zero attached hydrogens (tertiary/aromatic N) is 2. The van der Waals surface area contributed by atoms with Crippen molar-refractivity contribution in [3.05, 3.63) is 57.8 Å². The lowest BCUT2D eigenvalue weighted by Crippen LogP contribution is -2.29. The molecule has 7 nitrogen and oxygen atoms in total. The van der Waals surface area contributed by atoms with Gasteiger partial charge in [0.15, 0.2) is 0 Å². The Kier molecular flexibility index (Phi) is 7.35. The first kappa shape index (κ1) is 22.8. The molecule has 1 aliphatic heterocycles. The molecule has 2 heterocycles. The van der Waals surface area contributed by atoms with Gasteiger partial charge in [-0.2, -0.15) is 0 Å². The molecule has 1 aromatic heterocycles. The van der Waals surface area contributed by atoms with Gasteiger partial charge in [0.2, 0.25) is 0 Å². The third-order valence-electron chi connectivity index (χ3n) is 4.98. The average Bonchev–Trinajstić information content (AvgIpc) is 3.17. The first-order valence-electron chi connectivity index (χ1n) is 10.1. The lowest BCUT2D eigenvalue weighted by molar-refractivity contribution is -0.122. The van der Waals surface area contributed by atoms with Crippen LogP contribution in [-0.2, 0) is 14.3 Å². The van der Waals surface area contributed by atoms with Crippen LogP contribution in [0.5, 0.6) is 0 Å². The minimum atomic E-state index is -0.366. The molecule has 1 aliphatic rings. The average molecular weight is 443 g/mol. The maximum absolute atomic E-state index is 12.7. The van der Waals surface area contributed by atoms with E-state index in [1.165, 1.54) is 4.90 Å². The van der Waals surface area contributed by atoms with Crippen LogP contribution in [0.4, 0.5) is 4.79 Å². The van der Waals surface area contributed by atoms with E-state index in [9.17, 15) is 14.4 Å². The van der Waals surface area contributed by atoms with Crippen LogP contribution in [0.1, 0.15) is 40.7 Å². The molecule has 0 N–H and O–H groups in total. The van der Waals surface area contributed by atoms with Gasteiger partial charge in [0.25, 0.3) is 11.1 Å². The van der Waals surface area contributed by atoms with Crippen molar-refractivity contribution >= 4 is 35.0 Å². The monoisotopic (exact) mass is 442 g/mol. The number of thioether (sulfide) groups is 1. The number of benzene rings is 1. The van der Waals surface area contributed by atoms with Crippen LogP contribution in [-0.4, -0.2) is 53.5 Å². The van der Waals surface area contributed by atoms with Gasteiger partial charge in [0.05, 0.1) is 17.1 Å². The van der Waals surface area contributed by atoms with Gasteiger partial charge in [-0.3, -0.25) is 14.5 Å². The second-order valence-corrected chi connectivity index (χ2v) is 8.11. The van der Waals surface area contributed by atoms with E-state index in [1.807, 2.05) is 36.6 Å². The SMILES string of the molecule is CCOC(=O)c1cccc(-n2c(C)cc(/C=C3/SC(=O)N(CCCOC)C3=O)c2C)c1. The summed E-state index contributed by atoms with van der Waals surface area (Å²) >= 11 is 0.953. The Morgan fingerprint density at radius 1 is 1.19 bits per heavy atom. The topological polar surface area (TPSA) is 77.8 Å². The van der Waals surface area contributed by atoms with Crippen LogP contribution >= 0.6 is 11.8 Å². The molecule has 0 radical (unpaired) electrons. The minimum Gasteiger partial charge on any atom is -0.462 e. The molecule has 0 unspecified atom stereocenters. The summed E-state index contributed by atoms with van der Waals surface area (Å²) in [6.07, 6.45) is 2.36. The Morgan fingerprint density at radius 2 is 1.97 bits per heavy atom. The first-order valence-corrected chi connectivity index (χ1v) is 10.9. The lowest BCUT2D eigenvalue weighted by atomic mass is 10.2. The predicted octanol–water partition coefficient (Wildman–Crippen LogP) is 4.34. The van der Waals surface area contributed by atoms with Crippen LogP contribution in [0, 0.1) is 13.8 Å². The van der Waals surface area contributed by atoms with Crippen LogP contribution < -0.4 is 0 Å². The fourth-order valence-corrected chi connectivity index (χ4v) is 4.37. The van der Waals surface area contributed by atoms with E-state index < -0.39 is 0 Å². The quantitative estimate of drug-likeness (QED) is 0.344. The van der Waals surface area contributed by atoms with Gasteiger partial charge < -0.3 is 14.0 Å². The van der Waals surface area contributed by atoms with Crippen molar-refractivity contribution in [2.45, 2.75) is 27.2 Å². The molecule has 2 aromatic rings. The van der Waals surface area contributed by atoms with Gasteiger partial charge in [-0.05, 0) is 74.9 Å². The zero-order valence-corrected chi connectivity index (χ0v) is 19.0. The Morgan fingerprint density at radius 3 is 2.68 bits per heavy atom. The molecule has 0 aliphatic carbocycles. The summed E-state index contributed by atoms with van der Waals surface area (Å²) in [4.78, 5) is 38.7. The number of carbonyl (C=O) groups excluding carboxylic acids is 3. The van der Waals surface area contributed by atoms with Gasteiger partial charge in [0, 0.05) is 37.3 Å². The molecule has 0 spiro atoms. The molecule has 0 atom stereocenters. The van der Waals surface area contributed by atoms with Crippen LogP contribution in [0.15, 0.2) is 35.2 Å². The number of amides is 2. The molecule has 31 heavy (non-hydrogen) atoms. The van der Waals surface area contributed by atoms with E-state index in [1.54, 1.807) is 32.2 Å².